The maximum Gasteiger partial charge on any atom is 0.393 e. The number of halogens is 3. The van der Waals surface area contributed by atoms with Crippen LogP contribution in [0.5, 0.6) is 5.75 Å². The zero-order valence-electron chi connectivity index (χ0n) is 12.3. The molecule has 2 atom stereocenters. The molecule has 2 rings (SSSR count). The molecule has 1 aromatic carbocycles. The van der Waals surface area contributed by atoms with Crippen molar-refractivity contribution in [3.8, 4) is 5.75 Å². The summed E-state index contributed by atoms with van der Waals surface area (Å²) in [6.07, 6.45) is -3.43. The lowest BCUT2D eigenvalue weighted by molar-refractivity contribution is -0.176. The fourth-order valence-corrected chi connectivity index (χ4v) is 2.91. The second-order valence-corrected chi connectivity index (χ2v) is 5.51. The van der Waals surface area contributed by atoms with Crippen LogP contribution in [-0.2, 0) is 0 Å². The average Bonchev–Trinajstić information content (AvgIpc) is 2.45. The van der Waals surface area contributed by atoms with Crippen molar-refractivity contribution >= 4 is 5.69 Å². The molecule has 1 saturated heterocycles. The monoisotopic (exact) mass is 302 g/mol. The van der Waals surface area contributed by atoms with E-state index in [-0.39, 0.29) is 19.0 Å². The minimum atomic E-state index is -4.15. The highest BCUT2D eigenvalue weighted by Crippen LogP contribution is 2.39. The summed E-state index contributed by atoms with van der Waals surface area (Å²) in [5.74, 6) is -0.657. The molecule has 21 heavy (non-hydrogen) atoms. The van der Waals surface area contributed by atoms with Crippen molar-refractivity contribution in [2.75, 3.05) is 25.1 Å². The first-order valence-corrected chi connectivity index (χ1v) is 7.08. The number of rotatable bonds is 3. The molecule has 2 unspecified atom stereocenters. The third kappa shape index (κ3) is 3.43. The molecule has 1 aliphatic heterocycles. The number of piperidine rings is 1. The number of methoxy groups -OCH3 is 1. The van der Waals surface area contributed by atoms with Crippen LogP contribution in [0.3, 0.4) is 0 Å². The first kappa shape index (κ1) is 15.9. The summed E-state index contributed by atoms with van der Waals surface area (Å²) < 4.78 is 44.2. The van der Waals surface area contributed by atoms with Crippen molar-refractivity contribution in [3.05, 3.63) is 23.8 Å². The molecule has 6 heteroatoms. The summed E-state index contributed by atoms with van der Waals surface area (Å²) in [6.45, 7) is 2.41. The number of ether oxygens (including phenoxy) is 1. The molecule has 0 aliphatic carbocycles. The summed E-state index contributed by atoms with van der Waals surface area (Å²) in [4.78, 5) is 1.78. The Bertz CT molecular complexity index is 488. The van der Waals surface area contributed by atoms with E-state index in [9.17, 15) is 13.2 Å². The summed E-state index contributed by atoms with van der Waals surface area (Å²) in [5, 5.41) is 0. The van der Waals surface area contributed by atoms with Crippen LogP contribution in [0, 0.1) is 5.92 Å². The standard InChI is InChI=1S/C15H21F3N2O/c1-10(19)14-12(6-3-7-13(14)21-2)20-8-4-5-11(9-20)15(16,17)18/h3,6-7,10-11H,4-5,8-9,19H2,1-2H3. The minimum Gasteiger partial charge on any atom is -0.496 e. The van der Waals surface area contributed by atoms with Gasteiger partial charge >= 0.3 is 6.18 Å². The van der Waals surface area contributed by atoms with Gasteiger partial charge in [-0.1, -0.05) is 6.07 Å². The fraction of sp³-hybridized carbons (Fsp3) is 0.600. The predicted octanol–water partition coefficient (Wildman–Crippen LogP) is 3.49. The third-order valence-electron chi connectivity index (χ3n) is 3.94. The van der Waals surface area contributed by atoms with Crippen LogP contribution in [0.2, 0.25) is 0 Å². The first-order chi connectivity index (χ1) is 9.84. The van der Waals surface area contributed by atoms with Crippen molar-refractivity contribution in [2.45, 2.75) is 32.0 Å². The van der Waals surface area contributed by atoms with Crippen molar-refractivity contribution in [2.24, 2.45) is 11.7 Å². The lowest BCUT2D eigenvalue weighted by atomic mass is 9.95. The van der Waals surface area contributed by atoms with E-state index in [1.807, 2.05) is 13.0 Å². The number of nitrogens with two attached hydrogens (primary N) is 1. The molecule has 0 amide bonds. The number of benzene rings is 1. The number of nitrogens with zero attached hydrogens (tertiary/aromatic N) is 1. The van der Waals surface area contributed by atoms with Crippen LogP contribution in [0.4, 0.5) is 18.9 Å². The Balaban J connectivity index is 2.33. The van der Waals surface area contributed by atoms with Gasteiger partial charge in [0.25, 0.3) is 0 Å². The van der Waals surface area contributed by atoms with E-state index < -0.39 is 12.1 Å². The van der Waals surface area contributed by atoms with Gasteiger partial charge in [0.1, 0.15) is 5.75 Å². The van der Waals surface area contributed by atoms with Crippen LogP contribution in [-0.4, -0.2) is 26.4 Å². The van der Waals surface area contributed by atoms with E-state index in [4.69, 9.17) is 10.5 Å². The van der Waals surface area contributed by atoms with Gasteiger partial charge in [-0.2, -0.15) is 13.2 Å². The van der Waals surface area contributed by atoms with E-state index in [1.54, 1.807) is 24.1 Å². The Morgan fingerprint density at radius 1 is 1.38 bits per heavy atom. The smallest absolute Gasteiger partial charge is 0.393 e. The summed E-state index contributed by atoms with van der Waals surface area (Å²) in [7, 11) is 1.54. The summed E-state index contributed by atoms with van der Waals surface area (Å²) in [5.41, 5.74) is 7.50. The van der Waals surface area contributed by atoms with Crippen LogP contribution in [0.1, 0.15) is 31.4 Å². The molecule has 1 aromatic rings. The Labute approximate surface area is 122 Å². The lowest BCUT2D eigenvalue weighted by Gasteiger charge is -2.37. The van der Waals surface area contributed by atoms with E-state index in [0.29, 0.717) is 18.7 Å². The van der Waals surface area contributed by atoms with E-state index in [0.717, 1.165) is 11.3 Å². The van der Waals surface area contributed by atoms with Gasteiger partial charge in [0.2, 0.25) is 0 Å². The van der Waals surface area contributed by atoms with Crippen molar-refractivity contribution in [1.29, 1.82) is 0 Å². The van der Waals surface area contributed by atoms with Crippen LogP contribution in [0.25, 0.3) is 0 Å². The van der Waals surface area contributed by atoms with Crippen LogP contribution < -0.4 is 15.4 Å². The molecule has 1 heterocycles. The molecular weight excluding hydrogens is 281 g/mol. The molecule has 0 radical (unpaired) electrons. The maximum atomic E-state index is 13.0. The second kappa shape index (κ2) is 6.13. The van der Waals surface area contributed by atoms with Crippen molar-refractivity contribution in [3.63, 3.8) is 0 Å². The maximum absolute atomic E-state index is 13.0. The molecular formula is C15H21F3N2O. The highest BCUT2D eigenvalue weighted by molar-refractivity contribution is 5.61. The molecule has 0 aromatic heterocycles. The Kier molecular flexibility index (Phi) is 4.66. The zero-order chi connectivity index (χ0) is 15.6. The minimum absolute atomic E-state index is 0.0175. The quantitative estimate of drug-likeness (QED) is 0.929. The molecule has 0 saturated carbocycles. The van der Waals surface area contributed by atoms with Crippen LogP contribution >= 0.6 is 0 Å². The van der Waals surface area contributed by atoms with Gasteiger partial charge in [-0.25, -0.2) is 0 Å². The molecule has 0 spiro atoms. The molecule has 0 bridgehead atoms. The largest absolute Gasteiger partial charge is 0.496 e. The lowest BCUT2D eigenvalue weighted by Crippen LogP contribution is -2.42. The van der Waals surface area contributed by atoms with E-state index in [1.165, 1.54) is 0 Å². The highest BCUT2D eigenvalue weighted by Gasteiger charge is 2.42. The third-order valence-corrected chi connectivity index (χ3v) is 3.94. The van der Waals surface area contributed by atoms with Gasteiger partial charge in [-0.05, 0) is 31.9 Å². The number of anilines is 1. The van der Waals surface area contributed by atoms with Gasteiger partial charge in [0, 0.05) is 30.4 Å². The summed E-state index contributed by atoms with van der Waals surface area (Å²) >= 11 is 0. The second-order valence-electron chi connectivity index (χ2n) is 5.51. The van der Waals surface area contributed by atoms with Gasteiger partial charge < -0.3 is 15.4 Å². The Morgan fingerprint density at radius 3 is 2.67 bits per heavy atom. The molecule has 1 aliphatic rings. The molecule has 2 N–H and O–H groups in total. The van der Waals surface area contributed by atoms with Gasteiger partial charge in [0.15, 0.2) is 0 Å². The molecule has 3 nitrogen and oxygen atoms in total. The highest BCUT2D eigenvalue weighted by atomic mass is 19.4. The van der Waals surface area contributed by atoms with Gasteiger partial charge in [-0.15, -0.1) is 0 Å². The van der Waals surface area contributed by atoms with E-state index in [2.05, 4.69) is 0 Å². The molecule has 1 fully saturated rings. The Morgan fingerprint density at radius 2 is 2.10 bits per heavy atom. The normalized spacial score (nSPS) is 21.2. The fourth-order valence-electron chi connectivity index (χ4n) is 2.91. The Hall–Kier alpha value is -1.43. The van der Waals surface area contributed by atoms with Crippen molar-refractivity contribution in [1.82, 2.24) is 0 Å². The predicted molar refractivity (Wildman–Crippen MR) is 76.6 cm³/mol. The number of hydrogen-bond donors (Lipinski definition) is 1. The number of alkyl halides is 3. The van der Waals surface area contributed by atoms with E-state index >= 15 is 0 Å². The molecule has 118 valence electrons. The average molecular weight is 302 g/mol. The van der Waals surface area contributed by atoms with Crippen LogP contribution in [0.15, 0.2) is 18.2 Å². The zero-order valence-corrected chi connectivity index (χ0v) is 12.3. The first-order valence-electron chi connectivity index (χ1n) is 7.08. The number of hydrogen-bond acceptors (Lipinski definition) is 3. The van der Waals surface area contributed by atoms with Crippen molar-refractivity contribution < 1.29 is 17.9 Å². The summed E-state index contributed by atoms with van der Waals surface area (Å²) in [6, 6.07) is 5.09. The van der Waals surface area contributed by atoms with Gasteiger partial charge in [-0.3, -0.25) is 0 Å². The SMILES string of the molecule is COc1cccc(N2CCCC(C(F)(F)F)C2)c1C(C)N. The van der Waals surface area contributed by atoms with Gasteiger partial charge in [0.05, 0.1) is 13.0 Å². The topological polar surface area (TPSA) is 38.5 Å².